The molecule has 0 radical (unpaired) electrons. The second kappa shape index (κ2) is 5.41. The second-order valence-corrected chi connectivity index (χ2v) is 5.78. The average molecular weight is 252 g/mol. The quantitative estimate of drug-likeness (QED) is 0.781. The fourth-order valence-corrected chi connectivity index (χ4v) is 2.83. The summed E-state index contributed by atoms with van der Waals surface area (Å²) < 4.78 is 0. The minimum Gasteiger partial charge on any atom is -0.310 e. The van der Waals surface area contributed by atoms with Crippen LogP contribution in [-0.2, 0) is 0 Å². The molecule has 1 atom stereocenters. The second-order valence-electron chi connectivity index (χ2n) is 5.37. The molecule has 0 saturated heterocycles. The van der Waals surface area contributed by atoms with Crippen LogP contribution >= 0.6 is 11.6 Å². The van der Waals surface area contributed by atoms with Crippen molar-refractivity contribution in [3.05, 3.63) is 34.9 Å². The van der Waals surface area contributed by atoms with E-state index >= 15 is 0 Å². The smallest absolute Gasteiger partial charge is 0.0453 e. The molecular weight excluding hydrogens is 230 g/mol. The van der Waals surface area contributed by atoms with Crippen molar-refractivity contribution in [1.29, 1.82) is 0 Å². The van der Waals surface area contributed by atoms with Crippen LogP contribution in [-0.4, -0.2) is 6.54 Å². The highest BCUT2D eigenvalue weighted by molar-refractivity contribution is 6.31. The van der Waals surface area contributed by atoms with E-state index in [1.807, 2.05) is 12.1 Å². The van der Waals surface area contributed by atoms with Crippen LogP contribution in [0.25, 0.3) is 0 Å². The van der Waals surface area contributed by atoms with Gasteiger partial charge in [-0.25, -0.2) is 0 Å². The van der Waals surface area contributed by atoms with Gasteiger partial charge in [0, 0.05) is 17.6 Å². The first-order valence-corrected chi connectivity index (χ1v) is 7.02. The molecule has 1 saturated carbocycles. The predicted octanol–water partition coefficient (Wildman–Crippen LogP) is 4.57. The summed E-state index contributed by atoms with van der Waals surface area (Å²) in [4.78, 5) is 0. The van der Waals surface area contributed by atoms with Crippen molar-refractivity contribution in [2.45, 2.75) is 45.6 Å². The molecule has 2 rings (SSSR count). The molecule has 1 fully saturated rings. The first-order valence-electron chi connectivity index (χ1n) is 6.65. The Kier molecular flexibility index (Phi) is 4.11. The monoisotopic (exact) mass is 251 g/mol. The topological polar surface area (TPSA) is 12.0 Å². The average Bonchev–Trinajstić information content (AvgIpc) is 3.08. The zero-order chi connectivity index (χ0) is 12.3. The van der Waals surface area contributed by atoms with Gasteiger partial charge in [-0.15, -0.1) is 0 Å². The molecule has 1 aromatic carbocycles. The largest absolute Gasteiger partial charge is 0.310 e. The van der Waals surface area contributed by atoms with Crippen LogP contribution in [0.2, 0.25) is 5.02 Å². The van der Waals surface area contributed by atoms with E-state index in [0.29, 0.717) is 11.5 Å². The van der Waals surface area contributed by atoms with E-state index in [1.54, 1.807) is 0 Å². The van der Waals surface area contributed by atoms with Gasteiger partial charge in [0.15, 0.2) is 0 Å². The molecule has 1 aliphatic carbocycles. The van der Waals surface area contributed by atoms with Gasteiger partial charge in [-0.1, -0.05) is 43.1 Å². The zero-order valence-corrected chi connectivity index (χ0v) is 11.6. The van der Waals surface area contributed by atoms with Crippen LogP contribution in [0.1, 0.15) is 51.1 Å². The van der Waals surface area contributed by atoms with Gasteiger partial charge in [-0.05, 0) is 43.2 Å². The third-order valence-electron chi connectivity index (χ3n) is 3.89. The van der Waals surface area contributed by atoms with Crippen LogP contribution in [0.3, 0.4) is 0 Å². The number of rotatable bonds is 6. The molecule has 2 heteroatoms. The van der Waals surface area contributed by atoms with Gasteiger partial charge < -0.3 is 5.32 Å². The third-order valence-corrected chi connectivity index (χ3v) is 4.24. The summed E-state index contributed by atoms with van der Waals surface area (Å²) in [6.45, 7) is 5.61. The van der Waals surface area contributed by atoms with Gasteiger partial charge in [0.2, 0.25) is 0 Å². The molecule has 17 heavy (non-hydrogen) atoms. The maximum atomic E-state index is 6.21. The summed E-state index contributed by atoms with van der Waals surface area (Å²) in [5.41, 5.74) is 1.81. The molecule has 0 heterocycles. The van der Waals surface area contributed by atoms with Crippen LogP contribution in [0.4, 0.5) is 0 Å². The van der Waals surface area contributed by atoms with E-state index in [1.165, 1.54) is 31.2 Å². The Morgan fingerprint density at radius 2 is 2.06 bits per heavy atom. The van der Waals surface area contributed by atoms with Crippen molar-refractivity contribution in [3.8, 4) is 0 Å². The molecule has 1 unspecified atom stereocenters. The van der Waals surface area contributed by atoms with Gasteiger partial charge in [0.25, 0.3) is 0 Å². The van der Waals surface area contributed by atoms with Crippen molar-refractivity contribution >= 4 is 11.6 Å². The Bertz CT molecular complexity index is 371. The van der Waals surface area contributed by atoms with Crippen LogP contribution in [0, 0.1) is 5.41 Å². The Hall–Kier alpha value is -0.530. The summed E-state index contributed by atoms with van der Waals surface area (Å²) in [5.74, 6) is 0. The minimum absolute atomic E-state index is 0.345. The molecule has 1 nitrogen and oxygen atoms in total. The van der Waals surface area contributed by atoms with Crippen LogP contribution in [0.5, 0.6) is 0 Å². The summed E-state index contributed by atoms with van der Waals surface area (Å²) in [6.07, 6.45) is 5.43. The van der Waals surface area contributed by atoms with Gasteiger partial charge in [-0.2, -0.15) is 0 Å². The molecule has 0 aromatic heterocycles. The number of hydrogen-bond acceptors (Lipinski definition) is 1. The van der Waals surface area contributed by atoms with Crippen molar-refractivity contribution in [3.63, 3.8) is 0 Å². The van der Waals surface area contributed by atoms with Gasteiger partial charge in [0.1, 0.15) is 0 Å². The van der Waals surface area contributed by atoms with E-state index in [9.17, 15) is 0 Å². The molecule has 1 aromatic rings. The van der Waals surface area contributed by atoms with Crippen LogP contribution < -0.4 is 5.32 Å². The first kappa shape index (κ1) is 12.9. The van der Waals surface area contributed by atoms with Crippen molar-refractivity contribution < 1.29 is 0 Å². The van der Waals surface area contributed by atoms with Crippen molar-refractivity contribution in [1.82, 2.24) is 5.32 Å². The third kappa shape index (κ3) is 3.23. The van der Waals surface area contributed by atoms with Crippen molar-refractivity contribution in [2.75, 3.05) is 6.54 Å². The van der Waals surface area contributed by atoms with E-state index in [-0.39, 0.29) is 0 Å². The SMILES string of the molecule is CCCC1(CNC(C)c2ccccc2Cl)CC1. The number of benzene rings is 1. The molecule has 94 valence electrons. The van der Waals surface area contributed by atoms with E-state index in [0.717, 1.165) is 11.6 Å². The molecule has 0 bridgehead atoms. The molecule has 1 aliphatic rings. The van der Waals surface area contributed by atoms with E-state index in [4.69, 9.17) is 11.6 Å². The number of nitrogens with one attached hydrogen (secondary N) is 1. The Balaban J connectivity index is 1.90. The van der Waals surface area contributed by atoms with E-state index < -0.39 is 0 Å². The van der Waals surface area contributed by atoms with Gasteiger partial charge >= 0.3 is 0 Å². The Morgan fingerprint density at radius 3 is 2.65 bits per heavy atom. The zero-order valence-electron chi connectivity index (χ0n) is 10.8. The standard InChI is InChI=1S/C15H22ClN/c1-3-8-15(9-10-15)11-17-12(2)13-6-4-5-7-14(13)16/h4-7,12,17H,3,8-11H2,1-2H3. The van der Waals surface area contributed by atoms with Crippen molar-refractivity contribution in [2.24, 2.45) is 5.41 Å². The maximum absolute atomic E-state index is 6.21. The Morgan fingerprint density at radius 1 is 1.35 bits per heavy atom. The van der Waals surface area contributed by atoms with Crippen LogP contribution in [0.15, 0.2) is 24.3 Å². The molecule has 0 spiro atoms. The maximum Gasteiger partial charge on any atom is 0.0453 e. The summed E-state index contributed by atoms with van der Waals surface area (Å²) >= 11 is 6.21. The molecular formula is C15H22ClN. The highest BCUT2D eigenvalue weighted by Crippen LogP contribution is 2.49. The summed E-state index contributed by atoms with van der Waals surface area (Å²) in [5, 5.41) is 4.51. The highest BCUT2D eigenvalue weighted by atomic mass is 35.5. The lowest BCUT2D eigenvalue weighted by atomic mass is 9.99. The van der Waals surface area contributed by atoms with Gasteiger partial charge in [-0.3, -0.25) is 0 Å². The molecule has 0 amide bonds. The van der Waals surface area contributed by atoms with E-state index in [2.05, 4.69) is 31.3 Å². The fourth-order valence-electron chi connectivity index (χ4n) is 2.53. The highest BCUT2D eigenvalue weighted by Gasteiger charge is 2.41. The Labute approximate surface area is 110 Å². The first-order chi connectivity index (χ1) is 8.17. The predicted molar refractivity (Wildman–Crippen MR) is 74.4 cm³/mol. The summed E-state index contributed by atoms with van der Waals surface area (Å²) in [6, 6.07) is 8.46. The molecule has 0 aliphatic heterocycles. The lowest BCUT2D eigenvalue weighted by molar-refractivity contribution is 0.397. The minimum atomic E-state index is 0.345. The van der Waals surface area contributed by atoms with Gasteiger partial charge in [0.05, 0.1) is 0 Å². The lowest BCUT2D eigenvalue weighted by Crippen LogP contribution is -2.26. The fraction of sp³-hybridized carbons (Fsp3) is 0.600. The molecule has 1 N–H and O–H groups in total. The normalized spacial score (nSPS) is 19.0. The number of halogens is 1. The lowest BCUT2D eigenvalue weighted by Gasteiger charge is -2.20. The summed E-state index contributed by atoms with van der Waals surface area (Å²) in [7, 11) is 0. The number of hydrogen-bond donors (Lipinski definition) is 1.